The van der Waals surface area contributed by atoms with Crippen molar-refractivity contribution in [1.29, 1.82) is 0 Å². The molecule has 0 heterocycles. The minimum absolute atomic E-state index is 0.0684. The van der Waals surface area contributed by atoms with Crippen molar-refractivity contribution >= 4 is 38.1 Å². The number of benzene rings is 3. The highest BCUT2D eigenvalue weighted by atomic mass is 35.5. The first-order valence-electron chi connectivity index (χ1n) is 6.89. The van der Waals surface area contributed by atoms with Gasteiger partial charge in [-0.1, -0.05) is 54.1 Å². The average Bonchev–Trinajstić information content (AvgIpc) is 2.52. The molecule has 118 valence electrons. The summed E-state index contributed by atoms with van der Waals surface area (Å²) in [5.41, 5.74) is 0.973. The van der Waals surface area contributed by atoms with Crippen molar-refractivity contribution in [3.8, 4) is 5.75 Å². The van der Waals surface area contributed by atoms with E-state index in [0.29, 0.717) is 22.0 Å². The molecule has 0 bridgehead atoms. The van der Waals surface area contributed by atoms with Crippen molar-refractivity contribution in [2.75, 3.05) is 4.72 Å². The zero-order valence-electron chi connectivity index (χ0n) is 12.2. The molecule has 23 heavy (non-hydrogen) atoms. The molecule has 0 spiro atoms. The van der Waals surface area contributed by atoms with E-state index in [1.165, 1.54) is 6.07 Å². The molecule has 0 unspecified atom stereocenters. The summed E-state index contributed by atoms with van der Waals surface area (Å²) in [6.45, 7) is 1.73. The molecule has 2 N–H and O–H groups in total. The number of phenols is 1. The Kier molecular flexibility index (Phi) is 3.92. The molecule has 3 aromatic rings. The van der Waals surface area contributed by atoms with Gasteiger partial charge >= 0.3 is 0 Å². The number of rotatable bonds is 3. The number of phenolic OH excluding ortho intramolecular Hbond substituents is 1. The summed E-state index contributed by atoms with van der Waals surface area (Å²) in [6, 6.07) is 15.1. The number of aromatic hydroxyl groups is 1. The molecule has 0 radical (unpaired) electrons. The van der Waals surface area contributed by atoms with Gasteiger partial charge in [-0.3, -0.25) is 4.72 Å². The topological polar surface area (TPSA) is 66.4 Å². The lowest BCUT2D eigenvalue weighted by molar-refractivity contribution is 0.482. The largest absolute Gasteiger partial charge is 0.506 e. The van der Waals surface area contributed by atoms with Crippen molar-refractivity contribution in [2.24, 2.45) is 0 Å². The number of halogens is 1. The van der Waals surface area contributed by atoms with Crippen LogP contribution < -0.4 is 4.72 Å². The zero-order valence-corrected chi connectivity index (χ0v) is 13.8. The molecule has 3 aromatic carbocycles. The number of sulfonamides is 1. The molecule has 0 amide bonds. The van der Waals surface area contributed by atoms with E-state index in [9.17, 15) is 13.5 Å². The fraction of sp³-hybridized carbons (Fsp3) is 0.0588. The summed E-state index contributed by atoms with van der Waals surface area (Å²) in [6.07, 6.45) is 0. The second-order valence-corrected chi connectivity index (χ2v) is 7.23. The Labute approximate surface area is 139 Å². The molecule has 0 saturated heterocycles. The average molecular weight is 348 g/mol. The molecular formula is C17H14ClNO3S. The number of aryl methyl sites for hydroxylation is 1. The van der Waals surface area contributed by atoms with Gasteiger partial charge in [-0.05, 0) is 24.6 Å². The highest BCUT2D eigenvalue weighted by Crippen LogP contribution is 2.38. The molecule has 0 aliphatic rings. The number of nitrogens with one attached hydrogen (secondary N) is 1. The summed E-state index contributed by atoms with van der Waals surface area (Å²) in [4.78, 5) is 0.202. The highest BCUT2D eigenvalue weighted by Gasteiger charge is 2.19. The molecule has 0 fully saturated rings. The van der Waals surface area contributed by atoms with E-state index < -0.39 is 10.0 Å². The van der Waals surface area contributed by atoms with Crippen molar-refractivity contribution in [3.05, 3.63) is 65.2 Å². The molecule has 0 saturated carbocycles. The fourth-order valence-corrected chi connectivity index (χ4v) is 4.00. The molecule has 0 aliphatic carbocycles. The van der Waals surface area contributed by atoms with Gasteiger partial charge in [-0.2, -0.15) is 0 Å². The second kappa shape index (κ2) is 5.76. The lowest BCUT2D eigenvalue weighted by Gasteiger charge is -2.14. The Morgan fingerprint density at radius 2 is 1.61 bits per heavy atom. The summed E-state index contributed by atoms with van der Waals surface area (Å²) in [7, 11) is -3.76. The van der Waals surface area contributed by atoms with Crippen LogP contribution in [-0.2, 0) is 10.0 Å². The van der Waals surface area contributed by atoms with Crippen LogP contribution in [0, 0.1) is 6.92 Å². The van der Waals surface area contributed by atoms with Crippen LogP contribution in [0.2, 0.25) is 5.02 Å². The van der Waals surface area contributed by atoms with E-state index in [1.54, 1.807) is 55.5 Å². The first-order valence-corrected chi connectivity index (χ1v) is 8.75. The summed E-state index contributed by atoms with van der Waals surface area (Å²) in [5, 5.41) is 11.2. The Balaban J connectivity index is 2.16. The lowest BCUT2D eigenvalue weighted by atomic mass is 10.1. The van der Waals surface area contributed by atoms with E-state index in [4.69, 9.17) is 11.6 Å². The Morgan fingerprint density at radius 3 is 2.30 bits per heavy atom. The van der Waals surface area contributed by atoms with Gasteiger partial charge in [0.05, 0.1) is 15.6 Å². The van der Waals surface area contributed by atoms with Crippen LogP contribution in [0.25, 0.3) is 10.8 Å². The normalized spacial score (nSPS) is 11.6. The molecule has 0 aromatic heterocycles. The minimum Gasteiger partial charge on any atom is -0.506 e. The van der Waals surface area contributed by atoms with Crippen LogP contribution in [0.1, 0.15) is 5.56 Å². The monoisotopic (exact) mass is 347 g/mol. The van der Waals surface area contributed by atoms with Crippen LogP contribution in [0.4, 0.5) is 5.69 Å². The minimum atomic E-state index is -3.76. The number of hydrogen-bond donors (Lipinski definition) is 2. The molecular weight excluding hydrogens is 334 g/mol. The molecule has 3 rings (SSSR count). The van der Waals surface area contributed by atoms with Crippen molar-refractivity contribution in [2.45, 2.75) is 11.8 Å². The second-order valence-electron chi connectivity index (χ2n) is 5.17. The van der Waals surface area contributed by atoms with E-state index in [0.717, 1.165) is 0 Å². The summed E-state index contributed by atoms with van der Waals surface area (Å²) in [5.74, 6) is -0.0684. The van der Waals surface area contributed by atoms with E-state index >= 15 is 0 Å². The van der Waals surface area contributed by atoms with Gasteiger partial charge in [0, 0.05) is 10.8 Å². The van der Waals surface area contributed by atoms with Crippen LogP contribution in [0.15, 0.2) is 59.5 Å². The number of hydrogen-bond acceptors (Lipinski definition) is 3. The Hall–Kier alpha value is -2.24. The fourth-order valence-electron chi connectivity index (χ4n) is 2.47. The maximum Gasteiger partial charge on any atom is 0.262 e. The maximum atomic E-state index is 12.6. The number of fused-ring (bicyclic) bond motifs is 1. The van der Waals surface area contributed by atoms with Crippen molar-refractivity contribution in [3.63, 3.8) is 0 Å². The highest BCUT2D eigenvalue weighted by molar-refractivity contribution is 7.92. The molecule has 4 nitrogen and oxygen atoms in total. The van der Waals surface area contributed by atoms with Gasteiger partial charge in [-0.25, -0.2) is 8.42 Å². The van der Waals surface area contributed by atoms with Crippen LogP contribution in [0.5, 0.6) is 5.75 Å². The molecule has 0 aliphatic heterocycles. The van der Waals surface area contributed by atoms with Gasteiger partial charge in [0.15, 0.2) is 0 Å². The predicted molar refractivity (Wildman–Crippen MR) is 92.6 cm³/mol. The van der Waals surface area contributed by atoms with Gasteiger partial charge in [0.2, 0.25) is 0 Å². The van der Waals surface area contributed by atoms with E-state index in [1.807, 2.05) is 0 Å². The van der Waals surface area contributed by atoms with Crippen molar-refractivity contribution < 1.29 is 13.5 Å². The van der Waals surface area contributed by atoms with E-state index in [-0.39, 0.29) is 15.7 Å². The van der Waals surface area contributed by atoms with Gasteiger partial charge < -0.3 is 5.11 Å². The quantitative estimate of drug-likeness (QED) is 0.694. The van der Waals surface area contributed by atoms with Crippen LogP contribution in [0.3, 0.4) is 0 Å². The third kappa shape index (κ3) is 2.85. The Morgan fingerprint density at radius 1 is 1.00 bits per heavy atom. The first kappa shape index (κ1) is 15.6. The number of anilines is 1. The molecule has 0 atom stereocenters. The SMILES string of the molecule is Cc1ccccc1S(=O)(=O)Nc1cc(Cl)c(O)c2ccccc12. The van der Waals surface area contributed by atoms with Gasteiger partial charge in [-0.15, -0.1) is 0 Å². The zero-order chi connectivity index (χ0) is 16.6. The predicted octanol–water partition coefficient (Wildman–Crippen LogP) is 4.31. The summed E-state index contributed by atoms with van der Waals surface area (Å²) < 4.78 is 27.9. The Bertz CT molecular complexity index is 1000. The van der Waals surface area contributed by atoms with Crippen LogP contribution >= 0.6 is 11.6 Å². The lowest BCUT2D eigenvalue weighted by Crippen LogP contribution is -2.14. The maximum absolute atomic E-state index is 12.6. The van der Waals surface area contributed by atoms with Gasteiger partial charge in [0.1, 0.15) is 5.75 Å². The standard InChI is InChI=1S/C17H14ClNO3S/c1-11-6-2-5-9-16(11)23(21,22)19-15-10-14(18)17(20)13-8-4-3-7-12(13)15/h2-10,19-20H,1H3. The van der Waals surface area contributed by atoms with E-state index in [2.05, 4.69) is 4.72 Å². The van der Waals surface area contributed by atoms with Crippen molar-refractivity contribution in [1.82, 2.24) is 0 Å². The third-order valence-corrected chi connectivity index (χ3v) is 5.41. The third-order valence-electron chi connectivity index (χ3n) is 3.60. The first-order chi connectivity index (χ1) is 10.9. The van der Waals surface area contributed by atoms with Crippen LogP contribution in [-0.4, -0.2) is 13.5 Å². The van der Waals surface area contributed by atoms with Gasteiger partial charge in [0.25, 0.3) is 10.0 Å². The molecule has 6 heteroatoms. The summed E-state index contributed by atoms with van der Waals surface area (Å²) >= 11 is 6.01. The smallest absolute Gasteiger partial charge is 0.262 e.